The molecule has 0 unspecified atom stereocenters. The van der Waals surface area contributed by atoms with Gasteiger partial charge in [-0.1, -0.05) is 106 Å². The zero-order chi connectivity index (χ0) is 27.4. The van der Waals surface area contributed by atoms with Gasteiger partial charge in [-0.2, -0.15) is 0 Å². The first kappa shape index (κ1) is 29.5. The smallest absolute Gasteiger partial charge is 0.130 e. The van der Waals surface area contributed by atoms with Crippen LogP contribution in [0.5, 0.6) is 11.5 Å². The van der Waals surface area contributed by atoms with Crippen molar-refractivity contribution < 1.29 is 9.47 Å². The molecule has 0 bridgehead atoms. The highest BCUT2D eigenvalue weighted by Gasteiger charge is 2.39. The molecule has 2 saturated carbocycles. The van der Waals surface area contributed by atoms with Crippen LogP contribution in [0.25, 0.3) is 11.1 Å². The topological polar surface area (TPSA) is 18.5 Å². The van der Waals surface area contributed by atoms with Gasteiger partial charge in [-0.3, -0.25) is 0 Å². The van der Waals surface area contributed by atoms with Crippen LogP contribution >= 0.6 is 7.92 Å². The molecule has 210 valence electrons. The Hall–Kier alpha value is -1.53. The maximum atomic E-state index is 6.52. The first-order valence-corrected chi connectivity index (χ1v) is 17.0. The zero-order valence-corrected chi connectivity index (χ0v) is 26.4. The molecule has 0 amide bonds. The lowest BCUT2D eigenvalue weighted by atomic mass is 9.83. The van der Waals surface area contributed by atoms with Crippen LogP contribution in [-0.4, -0.2) is 25.5 Å². The number of rotatable bonds is 9. The molecule has 0 radical (unpaired) electrons. The molecule has 2 aromatic rings. The molecule has 4 rings (SSSR count). The molecule has 0 saturated heterocycles. The van der Waals surface area contributed by atoms with Crippen LogP contribution in [0, 0.1) is 0 Å². The van der Waals surface area contributed by atoms with Gasteiger partial charge in [-0.15, -0.1) is 0 Å². The standard InChI is InChI=1S/C35H53O2P/c1-23(2)28-20-15-21-29(24(3)4)32(28)33-31(36-7)22-30(25(5)6)34(37-8)35(33)38(26-16-11-9-12-17-26)27-18-13-10-14-19-27/h15,20-27H,9-14,16-19H2,1-8H3. The number of hydrogen-bond donors (Lipinski definition) is 0. The van der Waals surface area contributed by atoms with Crippen LogP contribution in [0.3, 0.4) is 0 Å². The van der Waals surface area contributed by atoms with Crippen molar-refractivity contribution in [2.45, 2.75) is 135 Å². The summed E-state index contributed by atoms with van der Waals surface area (Å²) in [5, 5.41) is 1.54. The van der Waals surface area contributed by atoms with Crippen LogP contribution in [0.4, 0.5) is 0 Å². The third kappa shape index (κ3) is 5.96. The Morgan fingerprint density at radius 2 is 1.11 bits per heavy atom. The van der Waals surface area contributed by atoms with E-state index in [9.17, 15) is 0 Å². The molecule has 3 heteroatoms. The molecule has 2 aromatic carbocycles. The molecule has 2 fully saturated rings. The number of ether oxygens (including phenoxy) is 2. The van der Waals surface area contributed by atoms with E-state index in [1.165, 1.54) is 97.8 Å². The fraction of sp³-hybridized carbons (Fsp3) is 0.657. The van der Waals surface area contributed by atoms with Crippen LogP contribution in [0.15, 0.2) is 24.3 Å². The summed E-state index contributed by atoms with van der Waals surface area (Å²) in [5.74, 6) is 3.48. The largest absolute Gasteiger partial charge is 0.496 e. The third-order valence-electron chi connectivity index (χ3n) is 9.11. The molecule has 0 heterocycles. The van der Waals surface area contributed by atoms with Crippen molar-refractivity contribution in [3.8, 4) is 22.6 Å². The molecule has 0 aliphatic heterocycles. The quantitative estimate of drug-likeness (QED) is 0.297. The Morgan fingerprint density at radius 3 is 1.50 bits per heavy atom. The summed E-state index contributed by atoms with van der Waals surface area (Å²) in [7, 11) is 3.41. The second-order valence-electron chi connectivity index (χ2n) is 12.7. The summed E-state index contributed by atoms with van der Waals surface area (Å²) in [6.07, 6.45) is 13.8. The van der Waals surface area contributed by atoms with E-state index in [0.717, 1.165) is 17.1 Å². The lowest BCUT2D eigenvalue weighted by Crippen LogP contribution is -2.29. The predicted octanol–water partition coefficient (Wildman–Crippen LogP) is 10.5. The fourth-order valence-corrected chi connectivity index (χ4v) is 11.3. The first-order valence-electron chi connectivity index (χ1n) is 15.5. The van der Waals surface area contributed by atoms with E-state index in [1.54, 1.807) is 5.30 Å². The summed E-state index contributed by atoms with van der Waals surface area (Å²) >= 11 is 0. The number of methoxy groups -OCH3 is 2. The highest BCUT2D eigenvalue weighted by Crippen LogP contribution is 2.60. The van der Waals surface area contributed by atoms with Gasteiger partial charge >= 0.3 is 0 Å². The van der Waals surface area contributed by atoms with Crippen LogP contribution in [0.1, 0.15) is 140 Å². The molecule has 2 aliphatic rings. The molecule has 2 aliphatic carbocycles. The Bertz CT molecular complexity index is 1010. The van der Waals surface area contributed by atoms with Gasteiger partial charge in [0.25, 0.3) is 0 Å². The Labute approximate surface area is 235 Å². The summed E-state index contributed by atoms with van der Waals surface area (Å²) in [6.45, 7) is 14.0. The molecule has 0 aromatic heterocycles. The van der Waals surface area contributed by atoms with E-state index in [0.29, 0.717) is 17.8 Å². The Morgan fingerprint density at radius 1 is 0.632 bits per heavy atom. The maximum Gasteiger partial charge on any atom is 0.130 e. The van der Waals surface area contributed by atoms with E-state index < -0.39 is 7.92 Å². The minimum atomic E-state index is -0.394. The van der Waals surface area contributed by atoms with Crippen molar-refractivity contribution in [3.63, 3.8) is 0 Å². The van der Waals surface area contributed by atoms with Gasteiger partial charge in [-0.05, 0) is 77.5 Å². The highest BCUT2D eigenvalue weighted by molar-refractivity contribution is 7.67. The van der Waals surface area contributed by atoms with Gasteiger partial charge in [-0.25, -0.2) is 0 Å². The van der Waals surface area contributed by atoms with E-state index in [4.69, 9.17) is 9.47 Å². The van der Waals surface area contributed by atoms with Crippen molar-refractivity contribution in [2.24, 2.45) is 0 Å². The average Bonchev–Trinajstić information content (AvgIpc) is 2.93. The van der Waals surface area contributed by atoms with Crippen molar-refractivity contribution in [1.82, 2.24) is 0 Å². The van der Waals surface area contributed by atoms with Crippen molar-refractivity contribution in [1.29, 1.82) is 0 Å². The lowest BCUT2D eigenvalue weighted by Gasteiger charge is -2.41. The minimum Gasteiger partial charge on any atom is -0.496 e. The van der Waals surface area contributed by atoms with Gasteiger partial charge in [0, 0.05) is 16.4 Å². The van der Waals surface area contributed by atoms with Gasteiger partial charge in [0.2, 0.25) is 0 Å². The highest BCUT2D eigenvalue weighted by atomic mass is 31.1. The third-order valence-corrected chi connectivity index (χ3v) is 12.7. The van der Waals surface area contributed by atoms with Gasteiger partial charge in [0.1, 0.15) is 11.5 Å². The predicted molar refractivity (Wildman–Crippen MR) is 168 cm³/mol. The summed E-state index contributed by atoms with van der Waals surface area (Å²) in [4.78, 5) is 0. The van der Waals surface area contributed by atoms with Gasteiger partial charge in [0.15, 0.2) is 0 Å². The number of hydrogen-bond acceptors (Lipinski definition) is 2. The van der Waals surface area contributed by atoms with Crippen molar-refractivity contribution in [3.05, 3.63) is 41.0 Å². The monoisotopic (exact) mass is 536 g/mol. The summed E-state index contributed by atoms with van der Waals surface area (Å²) in [5.41, 5.74) is 8.57. The van der Waals surface area contributed by atoms with Gasteiger partial charge < -0.3 is 9.47 Å². The minimum absolute atomic E-state index is 0.381. The molecule has 38 heavy (non-hydrogen) atoms. The molecule has 0 N–H and O–H groups in total. The van der Waals surface area contributed by atoms with Crippen LogP contribution in [0.2, 0.25) is 0 Å². The second kappa shape index (κ2) is 13.2. The van der Waals surface area contributed by atoms with E-state index in [2.05, 4.69) is 65.8 Å². The molecule has 0 spiro atoms. The van der Waals surface area contributed by atoms with Crippen molar-refractivity contribution in [2.75, 3.05) is 14.2 Å². The van der Waals surface area contributed by atoms with Gasteiger partial charge in [0.05, 0.1) is 14.2 Å². The average molecular weight is 537 g/mol. The Kier molecular flexibility index (Phi) is 10.2. The van der Waals surface area contributed by atoms with Crippen molar-refractivity contribution >= 4 is 13.2 Å². The SMILES string of the molecule is COc1cc(C(C)C)c(OC)c(P(C2CCCCC2)C2CCCCC2)c1-c1c(C(C)C)cccc1C(C)C. The van der Waals surface area contributed by atoms with E-state index in [1.807, 2.05) is 14.2 Å². The van der Waals surface area contributed by atoms with E-state index in [-0.39, 0.29) is 0 Å². The van der Waals surface area contributed by atoms with Crippen LogP contribution in [-0.2, 0) is 0 Å². The molecule has 2 nitrogen and oxygen atoms in total. The summed E-state index contributed by atoms with van der Waals surface area (Å²) in [6, 6.07) is 9.31. The molecular weight excluding hydrogens is 483 g/mol. The first-order chi connectivity index (χ1) is 18.3. The summed E-state index contributed by atoms with van der Waals surface area (Å²) < 4.78 is 12.9. The number of benzene rings is 2. The van der Waals surface area contributed by atoms with Crippen LogP contribution < -0.4 is 14.8 Å². The lowest BCUT2D eigenvalue weighted by molar-refractivity contribution is 0.400. The second-order valence-corrected chi connectivity index (χ2v) is 15.4. The van der Waals surface area contributed by atoms with E-state index >= 15 is 0 Å². The fourth-order valence-electron chi connectivity index (χ4n) is 7.16. The normalized spacial score (nSPS) is 17.7. The zero-order valence-electron chi connectivity index (χ0n) is 25.5. The molecular formula is C35H53O2P. The maximum absolute atomic E-state index is 6.52. The Balaban J connectivity index is 2.14. The molecule has 0 atom stereocenters.